The second kappa shape index (κ2) is 11.1. The molecular formula is C27H27NO5. The predicted octanol–water partition coefficient (Wildman–Crippen LogP) is 4.43. The first-order valence-corrected chi connectivity index (χ1v) is 10.8. The van der Waals surface area contributed by atoms with E-state index >= 15 is 0 Å². The number of hydrogen-bond acceptors (Lipinski definition) is 3. The second-order valence-electron chi connectivity index (χ2n) is 8.19. The molecule has 6 nitrogen and oxygen atoms in total. The number of aromatic carboxylic acids is 1. The maximum atomic E-state index is 12.7. The lowest BCUT2D eigenvalue weighted by Crippen LogP contribution is -2.39. The Labute approximate surface area is 192 Å². The van der Waals surface area contributed by atoms with Crippen LogP contribution in [-0.2, 0) is 22.4 Å². The summed E-state index contributed by atoms with van der Waals surface area (Å²) < 4.78 is 0. The summed E-state index contributed by atoms with van der Waals surface area (Å²) in [5.74, 6) is -2.86. The zero-order chi connectivity index (χ0) is 23.8. The van der Waals surface area contributed by atoms with Crippen molar-refractivity contribution in [1.29, 1.82) is 0 Å². The van der Waals surface area contributed by atoms with E-state index < -0.39 is 17.9 Å². The first kappa shape index (κ1) is 23.7. The molecule has 3 rings (SSSR count). The van der Waals surface area contributed by atoms with Crippen LogP contribution in [0.2, 0.25) is 0 Å². The van der Waals surface area contributed by atoms with Gasteiger partial charge in [0.2, 0.25) is 5.91 Å². The first-order valence-electron chi connectivity index (χ1n) is 10.8. The smallest absolute Gasteiger partial charge is 0.335 e. The summed E-state index contributed by atoms with van der Waals surface area (Å²) in [4.78, 5) is 35.2. The summed E-state index contributed by atoms with van der Waals surface area (Å²) >= 11 is 0. The molecule has 0 bridgehead atoms. The van der Waals surface area contributed by atoms with Crippen molar-refractivity contribution >= 4 is 17.8 Å². The number of carbonyl (C=O) groups is 3. The van der Waals surface area contributed by atoms with Crippen molar-refractivity contribution in [2.24, 2.45) is 5.92 Å². The molecule has 6 heteroatoms. The second-order valence-corrected chi connectivity index (χ2v) is 8.19. The van der Waals surface area contributed by atoms with Crippen molar-refractivity contribution in [1.82, 2.24) is 5.32 Å². The van der Waals surface area contributed by atoms with Gasteiger partial charge < -0.3 is 15.5 Å². The molecule has 3 aromatic rings. The van der Waals surface area contributed by atoms with Gasteiger partial charge in [-0.1, -0.05) is 73.7 Å². The van der Waals surface area contributed by atoms with Gasteiger partial charge in [-0.3, -0.25) is 9.59 Å². The highest BCUT2D eigenvalue weighted by Gasteiger charge is 2.21. The number of carboxylic acid groups (broad SMARTS) is 2. The average Bonchev–Trinajstić information content (AvgIpc) is 2.80. The molecule has 2 atom stereocenters. The molecule has 3 aromatic carbocycles. The van der Waals surface area contributed by atoms with Crippen LogP contribution in [0.15, 0.2) is 78.9 Å². The molecule has 0 radical (unpaired) electrons. The fraction of sp³-hybridized carbons (Fsp3) is 0.222. The standard InChI is InChI=1S/C27H27NO5/c1-18(26(30)31)14-24(28-25(29)17-20-6-5-9-23(15-20)27(32)33)16-19-10-12-22(13-11-19)21-7-3-2-4-8-21/h2-13,15,18,24H,14,16-17H2,1H3,(H,28,29)(H,30,31)(H,32,33)/t18-,24+/m1/s1. The van der Waals surface area contributed by atoms with E-state index in [4.69, 9.17) is 5.11 Å². The average molecular weight is 446 g/mol. The Bertz CT molecular complexity index is 1110. The Morgan fingerprint density at radius 1 is 0.818 bits per heavy atom. The zero-order valence-electron chi connectivity index (χ0n) is 18.4. The number of aliphatic carboxylic acids is 1. The van der Waals surface area contributed by atoms with Crippen molar-refractivity contribution in [3.8, 4) is 11.1 Å². The van der Waals surface area contributed by atoms with Gasteiger partial charge in [0.25, 0.3) is 0 Å². The third-order valence-corrected chi connectivity index (χ3v) is 5.51. The molecule has 0 heterocycles. The molecule has 3 N–H and O–H groups in total. The van der Waals surface area contributed by atoms with Crippen LogP contribution in [0, 0.1) is 5.92 Å². The molecule has 1 amide bonds. The van der Waals surface area contributed by atoms with E-state index in [0.717, 1.165) is 16.7 Å². The molecule has 0 aliphatic rings. The Balaban J connectivity index is 1.70. The topological polar surface area (TPSA) is 104 Å². The van der Waals surface area contributed by atoms with Gasteiger partial charge in [0.1, 0.15) is 0 Å². The van der Waals surface area contributed by atoms with Crippen LogP contribution in [0.4, 0.5) is 0 Å². The highest BCUT2D eigenvalue weighted by atomic mass is 16.4. The van der Waals surface area contributed by atoms with Crippen LogP contribution in [0.25, 0.3) is 11.1 Å². The summed E-state index contributed by atoms with van der Waals surface area (Å²) in [6, 6.07) is 23.9. The lowest BCUT2D eigenvalue weighted by atomic mass is 9.94. The van der Waals surface area contributed by atoms with E-state index in [1.807, 2.05) is 54.6 Å². The number of nitrogens with one attached hydrogen (secondary N) is 1. The van der Waals surface area contributed by atoms with E-state index in [0.29, 0.717) is 12.0 Å². The summed E-state index contributed by atoms with van der Waals surface area (Å²) in [6.07, 6.45) is 0.802. The van der Waals surface area contributed by atoms with Crippen LogP contribution in [0.5, 0.6) is 0 Å². The molecular weight excluding hydrogens is 418 g/mol. The molecule has 0 aliphatic heterocycles. The van der Waals surface area contributed by atoms with Gasteiger partial charge in [0.15, 0.2) is 0 Å². The van der Waals surface area contributed by atoms with Gasteiger partial charge in [-0.05, 0) is 47.2 Å². The minimum Gasteiger partial charge on any atom is -0.481 e. The van der Waals surface area contributed by atoms with E-state index in [-0.39, 0.29) is 30.4 Å². The van der Waals surface area contributed by atoms with Gasteiger partial charge in [-0.25, -0.2) is 4.79 Å². The van der Waals surface area contributed by atoms with Crippen molar-refractivity contribution in [3.05, 3.63) is 95.6 Å². The largest absolute Gasteiger partial charge is 0.481 e. The van der Waals surface area contributed by atoms with E-state index in [1.165, 1.54) is 12.1 Å². The van der Waals surface area contributed by atoms with Crippen molar-refractivity contribution in [3.63, 3.8) is 0 Å². The predicted molar refractivity (Wildman–Crippen MR) is 126 cm³/mol. The van der Waals surface area contributed by atoms with E-state index in [9.17, 15) is 19.5 Å². The first-order chi connectivity index (χ1) is 15.8. The molecule has 0 spiro atoms. The third-order valence-electron chi connectivity index (χ3n) is 5.51. The highest BCUT2D eigenvalue weighted by molar-refractivity contribution is 5.88. The molecule has 0 aliphatic carbocycles. The summed E-state index contributed by atoms with van der Waals surface area (Å²) in [7, 11) is 0. The molecule has 0 saturated carbocycles. The quantitative estimate of drug-likeness (QED) is 0.428. The molecule has 170 valence electrons. The Morgan fingerprint density at radius 2 is 1.48 bits per heavy atom. The minimum atomic E-state index is -1.05. The zero-order valence-corrected chi connectivity index (χ0v) is 18.4. The Morgan fingerprint density at radius 3 is 2.12 bits per heavy atom. The monoisotopic (exact) mass is 445 g/mol. The van der Waals surface area contributed by atoms with Crippen molar-refractivity contribution in [2.75, 3.05) is 0 Å². The summed E-state index contributed by atoms with van der Waals surface area (Å²) in [5.41, 5.74) is 3.89. The van der Waals surface area contributed by atoms with E-state index in [1.54, 1.807) is 19.1 Å². The SMILES string of the molecule is C[C@H](C[C@@H](Cc1ccc(-c2ccccc2)cc1)NC(=O)Cc1cccc(C(=O)O)c1)C(=O)O. The lowest BCUT2D eigenvalue weighted by Gasteiger charge is -2.21. The fourth-order valence-corrected chi connectivity index (χ4v) is 3.75. The maximum Gasteiger partial charge on any atom is 0.335 e. The van der Waals surface area contributed by atoms with Crippen LogP contribution in [0.1, 0.15) is 34.8 Å². The molecule has 0 unspecified atom stereocenters. The van der Waals surface area contributed by atoms with Gasteiger partial charge in [-0.15, -0.1) is 0 Å². The van der Waals surface area contributed by atoms with Crippen molar-refractivity contribution < 1.29 is 24.6 Å². The molecule has 0 aromatic heterocycles. The van der Waals surface area contributed by atoms with Gasteiger partial charge in [0, 0.05) is 6.04 Å². The van der Waals surface area contributed by atoms with Crippen LogP contribution >= 0.6 is 0 Å². The maximum absolute atomic E-state index is 12.7. The number of benzene rings is 3. The number of carbonyl (C=O) groups excluding carboxylic acids is 1. The van der Waals surface area contributed by atoms with Crippen LogP contribution < -0.4 is 5.32 Å². The molecule has 0 fully saturated rings. The molecule has 0 saturated heterocycles. The Hall–Kier alpha value is -3.93. The highest BCUT2D eigenvalue weighted by Crippen LogP contribution is 2.21. The van der Waals surface area contributed by atoms with E-state index in [2.05, 4.69) is 5.32 Å². The minimum absolute atomic E-state index is 0.0199. The van der Waals surface area contributed by atoms with Gasteiger partial charge in [-0.2, -0.15) is 0 Å². The number of amides is 1. The number of rotatable bonds is 10. The Kier molecular flexibility index (Phi) is 7.97. The fourth-order valence-electron chi connectivity index (χ4n) is 3.75. The number of hydrogen-bond donors (Lipinski definition) is 3. The third kappa shape index (κ3) is 7.04. The number of carboxylic acids is 2. The van der Waals surface area contributed by atoms with Crippen LogP contribution in [-0.4, -0.2) is 34.1 Å². The molecule has 33 heavy (non-hydrogen) atoms. The van der Waals surface area contributed by atoms with Crippen LogP contribution in [0.3, 0.4) is 0 Å². The lowest BCUT2D eigenvalue weighted by molar-refractivity contribution is -0.141. The van der Waals surface area contributed by atoms with Gasteiger partial charge >= 0.3 is 11.9 Å². The summed E-state index contributed by atoms with van der Waals surface area (Å²) in [5, 5.41) is 21.4. The van der Waals surface area contributed by atoms with Gasteiger partial charge in [0.05, 0.1) is 17.9 Å². The normalized spacial score (nSPS) is 12.5. The van der Waals surface area contributed by atoms with Crippen molar-refractivity contribution in [2.45, 2.75) is 32.2 Å². The summed E-state index contributed by atoms with van der Waals surface area (Å²) in [6.45, 7) is 1.62.